The minimum absolute atomic E-state index is 0.646. The highest BCUT2D eigenvalue weighted by Gasteiger charge is 2.04. The molecule has 0 amide bonds. The molecule has 0 aliphatic carbocycles. The summed E-state index contributed by atoms with van der Waals surface area (Å²) in [5.74, 6) is 0. The van der Waals surface area contributed by atoms with Crippen LogP contribution in [0.4, 0.5) is 0 Å². The smallest absolute Gasteiger partial charge is 0.105 e. The molecule has 0 unspecified atom stereocenters. The molecular weight excluding hydrogens is 190 g/mol. The van der Waals surface area contributed by atoms with Crippen molar-refractivity contribution in [3.8, 4) is 0 Å². The van der Waals surface area contributed by atoms with Crippen LogP contribution >= 0.6 is 0 Å². The Morgan fingerprint density at radius 3 is 2.80 bits per heavy atom. The van der Waals surface area contributed by atoms with Gasteiger partial charge in [-0.1, -0.05) is 17.6 Å². The van der Waals surface area contributed by atoms with E-state index in [0.29, 0.717) is 5.71 Å². The van der Waals surface area contributed by atoms with Gasteiger partial charge in [0.05, 0.1) is 5.69 Å². The average molecular weight is 207 g/mol. The van der Waals surface area contributed by atoms with Crippen LogP contribution < -0.4 is 5.73 Å². The van der Waals surface area contributed by atoms with Gasteiger partial charge in [0.15, 0.2) is 0 Å². The lowest BCUT2D eigenvalue weighted by molar-refractivity contribution is 0.317. The molecule has 4 nitrogen and oxygen atoms in total. The fourth-order valence-corrected chi connectivity index (χ4v) is 1.38. The van der Waals surface area contributed by atoms with Gasteiger partial charge in [-0.15, -0.1) is 0 Å². The molecule has 0 spiro atoms. The third kappa shape index (κ3) is 4.08. The Hall–Kier alpha value is -1.42. The van der Waals surface area contributed by atoms with Crippen molar-refractivity contribution in [1.29, 1.82) is 0 Å². The van der Waals surface area contributed by atoms with Gasteiger partial charge in [-0.2, -0.15) is 0 Å². The molecule has 0 aliphatic rings. The van der Waals surface area contributed by atoms with E-state index >= 15 is 0 Å². The second-order valence-corrected chi connectivity index (χ2v) is 3.36. The molecule has 0 bridgehead atoms. The second-order valence-electron chi connectivity index (χ2n) is 3.36. The molecule has 0 aliphatic heterocycles. The summed E-state index contributed by atoms with van der Waals surface area (Å²) >= 11 is 0. The normalized spacial score (nSPS) is 11.7. The standard InChI is InChI=1S/C11H17N3O/c12-8-4-1-2-7-11(14-15)10-6-3-5-9-13-10/h3,5-6,9,15H,1-2,4,7-8,12H2. The Labute approximate surface area is 89.8 Å². The number of nitrogens with two attached hydrogens (primary N) is 1. The summed E-state index contributed by atoms with van der Waals surface area (Å²) in [4.78, 5) is 4.13. The molecule has 1 heterocycles. The van der Waals surface area contributed by atoms with Crippen LogP contribution in [0.15, 0.2) is 29.6 Å². The highest BCUT2D eigenvalue weighted by atomic mass is 16.4. The Kier molecular flexibility index (Phi) is 5.40. The zero-order valence-corrected chi connectivity index (χ0v) is 8.76. The third-order valence-electron chi connectivity index (χ3n) is 2.20. The maximum Gasteiger partial charge on any atom is 0.105 e. The Bertz CT molecular complexity index is 298. The molecule has 1 aromatic heterocycles. The predicted molar refractivity (Wildman–Crippen MR) is 60.1 cm³/mol. The number of pyridine rings is 1. The molecule has 15 heavy (non-hydrogen) atoms. The fraction of sp³-hybridized carbons (Fsp3) is 0.455. The molecule has 3 N–H and O–H groups in total. The fourth-order valence-electron chi connectivity index (χ4n) is 1.38. The van der Waals surface area contributed by atoms with Crippen molar-refractivity contribution in [2.45, 2.75) is 25.7 Å². The van der Waals surface area contributed by atoms with E-state index in [1.165, 1.54) is 0 Å². The molecule has 1 aromatic rings. The summed E-state index contributed by atoms with van der Waals surface area (Å²) in [6.07, 6.45) is 5.49. The molecule has 0 fully saturated rings. The molecule has 0 saturated heterocycles. The summed E-state index contributed by atoms with van der Waals surface area (Å²) < 4.78 is 0. The van der Waals surface area contributed by atoms with Crippen LogP contribution in [-0.4, -0.2) is 22.4 Å². The van der Waals surface area contributed by atoms with E-state index in [4.69, 9.17) is 10.9 Å². The lowest BCUT2D eigenvalue weighted by Gasteiger charge is -2.02. The maximum absolute atomic E-state index is 8.86. The van der Waals surface area contributed by atoms with Gasteiger partial charge in [0, 0.05) is 6.20 Å². The summed E-state index contributed by atoms with van der Waals surface area (Å²) in [5, 5.41) is 12.1. The summed E-state index contributed by atoms with van der Waals surface area (Å²) in [5.41, 5.74) is 6.79. The lowest BCUT2D eigenvalue weighted by Crippen LogP contribution is -2.04. The first-order chi connectivity index (χ1) is 7.38. The van der Waals surface area contributed by atoms with Crippen molar-refractivity contribution >= 4 is 5.71 Å². The van der Waals surface area contributed by atoms with Crippen LogP contribution in [0.3, 0.4) is 0 Å². The second kappa shape index (κ2) is 6.95. The van der Waals surface area contributed by atoms with Gasteiger partial charge in [-0.05, 0) is 37.9 Å². The third-order valence-corrected chi connectivity index (χ3v) is 2.20. The van der Waals surface area contributed by atoms with E-state index in [9.17, 15) is 0 Å². The van der Waals surface area contributed by atoms with Crippen molar-refractivity contribution in [1.82, 2.24) is 4.98 Å². The Morgan fingerprint density at radius 2 is 2.20 bits per heavy atom. The number of rotatable bonds is 6. The van der Waals surface area contributed by atoms with E-state index in [1.807, 2.05) is 18.2 Å². The Morgan fingerprint density at radius 1 is 1.33 bits per heavy atom. The first-order valence-corrected chi connectivity index (χ1v) is 5.21. The Balaban J connectivity index is 2.44. The molecule has 0 aromatic carbocycles. The minimum atomic E-state index is 0.646. The van der Waals surface area contributed by atoms with Gasteiger partial charge in [-0.3, -0.25) is 4.98 Å². The van der Waals surface area contributed by atoms with Gasteiger partial charge < -0.3 is 10.9 Å². The largest absolute Gasteiger partial charge is 0.411 e. The minimum Gasteiger partial charge on any atom is -0.411 e. The number of aromatic nitrogens is 1. The topological polar surface area (TPSA) is 71.5 Å². The van der Waals surface area contributed by atoms with Crippen LogP contribution in [0.1, 0.15) is 31.4 Å². The van der Waals surface area contributed by atoms with Gasteiger partial charge >= 0.3 is 0 Å². The molecular formula is C11H17N3O. The molecule has 0 radical (unpaired) electrons. The molecule has 82 valence electrons. The summed E-state index contributed by atoms with van der Waals surface area (Å²) in [6.45, 7) is 0.717. The van der Waals surface area contributed by atoms with Crippen LogP contribution in [0.25, 0.3) is 0 Å². The molecule has 0 saturated carbocycles. The van der Waals surface area contributed by atoms with Crippen LogP contribution in [0, 0.1) is 0 Å². The number of hydrogen-bond acceptors (Lipinski definition) is 4. The number of oxime groups is 1. The van der Waals surface area contributed by atoms with Crippen molar-refractivity contribution < 1.29 is 5.21 Å². The monoisotopic (exact) mass is 207 g/mol. The number of hydrogen-bond donors (Lipinski definition) is 2. The molecule has 0 atom stereocenters. The zero-order chi connectivity index (χ0) is 10.9. The van der Waals surface area contributed by atoms with Crippen molar-refractivity contribution in [2.75, 3.05) is 6.54 Å². The van der Waals surface area contributed by atoms with Gasteiger partial charge in [0.1, 0.15) is 5.71 Å². The average Bonchev–Trinajstić information content (AvgIpc) is 2.30. The van der Waals surface area contributed by atoms with Crippen molar-refractivity contribution in [3.63, 3.8) is 0 Å². The number of unbranched alkanes of at least 4 members (excludes halogenated alkanes) is 2. The van der Waals surface area contributed by atoms with Gasteiger partial charge in [0.2, 0.25) is 0 Å². The van der Waals surface area contributed by atoms with E-state index in [-0.39, 0.29) is 0 Å². The van der Waals surface area contributed by atoms with Crippen LogP contribution in [-0.2, 0) is 0 Å². The quantitative estimate of drug-likeness (QED) is 0.323. The van der Waals surface area contributed by atoms with Gasteiger partial charge in [-0.25, -0.2) is 0 Å². The van der Waals surface area contributed by atoms with E-state index in [2.05, 4.69) is 10.1 Å². The number of nitrogens with zero attached hydrogens (tertiary/aromatic N) is 2. The molecule has 1 rings (SSSR count). The summed E-state index contributed by atoms with van der Waals surface area (Å²) in [7, 11) is 0. The predicted octanol–water partition coefficient (Wildman–Crippen LogP) is 1.78. The van der Waals surface area contributed by atoms with E-state index in [1.54, 1.807) is 6.20 Å². The molecule has 4 heteroatoms. The van der Waals surface area contributed by atoms with Crippen molar-refractivity contribution in [3.05, 3.63) is 30.1 Å². The maximum atomic E-state index is 8.86. The van der Waals surface area contributed by atoms with E-state index < -0.39 is 0 Å². The van der Waals surface area contributed by atoms with Crippen LogP contribution in [0.2, 0.25) is 0 Å². The first-order valence-electron chi connectivity index (χ1n) is 5.21. The first kappa shape index (κ1) is 11.7. The van der Waals surface area contributed by atoms with Crippen molar-refractivity contribution in [2.24, 2.45) is 10.9 Å². The SMILES string of the molecule is NCCCCCC(=NO)c1ccccn1. The van der Waals surface area contributed by atoms with Crippen LogP contribution in [0.5, 0.6) is 0 Å². The van der Waals surface area contributed by atoms with Gasteiger partial charge in [0.25, 0.3) is 0 Å². The highest BCUT2D eigenvalue weighted by Crippen LogP contribution is 2.06. The highest BCUT2D eigenvalue weighted by molar-refractivity contribution is 5.98. The summed E-state index contributed by atoms with van der Waals surface area (Å²) in [6, 6.07) is 5.57. The zero-order valence-electron chi connectivity index (χ0n) is 8.76. The lowest BCUT2D eigenvalue weighted by atomic mass is 10.1. The van der Waals surface area contributed by atoms with E-state index in [0.717, 1.165) is 37.9 Å².